The van der Waals surface area contributed by atoms with Gasteiger partial charge in [0.1, 0.15) is 5.82 Å². The number of halogens is 2. The lowest BCUT2D eigenvalue weighted by Gasteiger charge is -2.24. The Hall–Kier alpha value is -1.58. The molecule has 0 bridgehead atoms. The van der Waals surface area contributed by atoms with E-state index in [4.69, 9.17) is 11.6 Å². The van der Waals surface area contributed by atoms with E-state index in [1.165, 1.54) is 6.07 Å². The summed E-state index contributed by atoms with van der Waals surface area (Å²) < 4.78 is 13.9. The molecule has 0 saturated heterocycles. The number of aliphatic hydroxyl groups excluding tert-OH is 1. The van der Waals surface area contributed by atoms with Gasteiger partial charge in [-0.25, -0.2) is 4.39 Å². The van der Waals surface area contributed by atoms with Gasteiger partial charge in [-0.3, -0.25) is 0 Å². The van der Waals surface area contributed by atoms with E-state index >= 15 is 0 Å². The van der Waals surface area contributed by atoms with Crippen molar-refractivity contribution in [1.82, 2.24) is 0 Å². The van der Waals surface area contributed by atoms with Gasteiger partial charge in [0.15, 0.2) is 0 Å². The SMILES string of the molecule is CC(O)c1c(F)cccc1N(C)Cc1cccc(Cl)c1. The first-order valence-corrected chi connectivity index (χ1v) is 6.79. The number of hydrogen-bond acceptors (Lipinski definition) is 2. The van der Waals surface area contributed by atoms with Gasteiger partial charge in [-0.05, 0) is 36.8 Å². The molecule has 0 spiro atoms. The highest BCUT2D eigenvalue weighted by molar-refractivity contribution is 6.30. The van der Waals surface area contributed by atoms with Gasteiger partial charge in [-0.2, -0.15) is 0 Å². The number of nitrogens with zero attached hydrogens (tertiary/aromatic N) is 1. The monoisotopic (exact) mass is 293 g/mol. The smallest absolute Gasteiger partial charge is 0.131 e. The van der Waals surface area contributed by atoms with Gasteiger partial charge in [0.2, 0.25) is 0 Å². The standard InChI is InChI=1S/C16H17ClFNO/c1-11(20)16-14(18)7-4-8-15(16)19(2)10-12-5-3-6-13(17)9-12/h3-9,11,20H,10H2,1-2H3. The first-order valence-electron chi connectivity index (χ1n) is 6.41. The van der Waals surface area contributed by atoms with Crippen LogP contribution in [0.3, 0.4) is 0 Å². The summed E-state index contributed by atoms with van der Waals surface area (Å²) in [7, 11) is 1.86. The predicted octanol–water partition coefficient (Wildman–Crippen LogP) is 4.17. The molecule has 2 nitrogen and oxygen atoms in total. The van der Waals surface area contributed by atoms with Crippen molar-refractivity contribution in [1.29, 1.82) is 0 Å². The molecule has 0 radical (unpaired) electrons. The average Bonchev–Trinajstić information content (AvgIpc) is 2.37. The lowest BCUT2D eigenvalue weighted by molar-refractivity contribution is 0.194. The van der Waals surface area contributed by atoms with Gasteiger partial charge in [0.05, 0.1) is 6.10 Å². The summed E-state index contributed by atoms with van der Waals surface area (Å²) in [6, 6.07) is 12.3. The van der Waals surface area contributed by atoms with Crippen molar-refractivity contribution < 1.29 is 9.50 Å². The summed E-state index contributed by atoms with van der Waals surface area (Å²) in [4.78, 5) is 1.90. The summed E-state index contributed by atoms with van der Waals surface area (Å²) in [5, 5.41) is 10.4. The molecule has 2 rings (SSSR count). The second kappa shape index (κ2) is 6.25. The molecular weight excluding hydrogens is 277 g/mol. The molecule has 0 amide bonds. The Labute approximate surface area is 123 Å². The minimum atomic E-state index is -0.854. The van der Waals surface area contributed by atoms with Crippen molar-refractivity contribution in [3.8, 4) is 0 Å². The lowest BCUT2D eigenvalue weighted by Crippen LogP contribution is -2.19. The molecule has 20 heavy (non-hydrogen) atoms. The van der Waals surface area contributed by atoms with Crippen LogP contribution in [0.5, 0.6) is 0 Å². The van der Waals surface area contributed by atoms with Gasteiger partial charge < -0.3 is 10.0 Å². The molecule has 0 aliphatic heterocycles. The molecule has 106 valence electrons. The molecule has 2 aromatic rings. The summed E-state index contributed by atoms with van der Waals surface area (Å²) in [6.07, 6.45) is -0.854. The van der Waals surface area contributed by atoms with Gasteiger partial charge in [-0.1, -0.05) is 29.8 Å². The Bertz CT molecular complexity index is 601. The Balaban J connectivity index is 2.30. The lowest BCUT2D eigenvalue weighted by atomic mass is 10.1. The van der Waals surface area contributed by atoms with Crippen LogP contribution >= 0.6 is 11.6 Å². The predicted molar refractivity (Wildman–Crippen MR) is 80.6 cm³/mol. The summed E-state index contributed by atoms with van der Waals surface area (Å²) in [5.74, 6) is -0.393. The third kappa shape index (κ3) is 3.30. The van der Waals surface area contributed by atoms with E-state index < -0.39 is 11.9 Å². The van der Waals surface area contributed by atoms with Crippen LogP contribution < -0.4 is 4.90 Å². The molecule has 0 heterocycles. The fourth-order valence-electron chi connectivity index (χ4n) is 2.27. The first kappa shape index (κ1) is 14.8. The summed E-state index contributed by atoms with van der Waals surface area (Å²) in [5.41, 5.74) is 2.03. The highest BCUT2D eigenvalue weighted by atomic mass is 35.5. The summed E-state index contributed by atoms with van der Waals surface area (Å²) >= 11 is 5.96. The molecule has 0 fully saturated rings. The third-order valence-corrected chi connectivity index (χ3v) is 3.40. The number of benzene rings is 2. The van der Waals surface area contributed by atoms with Crippen LogP contribution in [0.4, 0.5) is 10.1 Å². The van der Waals surface area contributed by atoms with E-state index in [0.29, 0.717) is 22.8 Å². The molecule has 0 saturated carbocycles. The van der Waals surface area contributed by atoms with Gasteiger partial charge in [0, 0.05) is 29.9 Å². The van der Waals surface area contributed by atoms with Crippen molar-refractivity contribution in [3.63, 3.8) is 0 Å². The topological polar surface area (TPSA) is 23.5 Å². The van der Waals surface area contributed by atoms with Crippen molar-refractivity contribution >= 4 is 17.3 Å². The van der Waals surface area contributed by atoms with E-state index in [1.54, 1.807) is 19.1 Å². The molecule has 0 aromatic heterocycles. The van der Waals surface area contributed by atoms with Crippen molar-refractivity contribution in [2.24, 2.45) is 0 Å². The Morgan fingerprint density at radius 3 is 2.60 bits per heavy atom. The van der Waals surface area contributed by atoms with E-state index in [0.717, 1.165) is 5.56 Å². The van der Waals surface area contributed by atoms with Crippen molar-refractivity contribution in [2.75, 3.05) is 11.9 Å². The van der Waals surface area contributed by atoms with E-state index in [9.17, 15) is 9.50 Å². The Morgan fingerprint density at radius 2 is 1.95 bits per heavy atom. The van der Waals surface area contributed by atoms with Gasteiger partial charge >= 0.3 is 0 Å². The number of aliphatic hydroxyl groups is 1. The largest absolute Gasteiger partial charge is 0.389 e. The molecule has 1 N–H and O–H groups in total. The van der Waals surface area contributed by atoms with Crippen LogP contribution in [-0.2, 0) is 6.54 Å². The normalized spacial score (nSPS) is 12.2. The zero-order valence-corrected chi connectivity index (χ0v) is 12.2. The van der Waals surface area contributed by atoms with E-state index in [-0.39, 0.29) is 0 Å². The van der Waals surface area contributed by atoms with Gasteiger partial charge in [-0.15, -0.1) is 0 Å². The average molecular weight is 294 g/mol. The highest BCUT2D eigenvalue weighted by Gasteiger charge is 2.16. The first-order chi connectivity index (χ1) is 9.49. The molecular formula is C16H17ClFNO. The fourth-order valence-corrected chi connectivity index (χ4v) is 2.48. The van der Waals surface area contributed by atoms with Crippen LogP contribution in [-0.4, -0.2) is 12.2 Å². The number of anilines is 1. The molecule has 2 aromatic carbocycles. The molecule has 1 atom stereocenters. The number of rotatable bonds is 4. The maximum absolute atomic E-state index is 13.9. The van der Waals surface area contributed by atoms with Crippen molar-refractivity contribution in [3.05, 3.63) is 64.4 Å². The highest BCUT2D eigenvalue weighted by Crippen LogP contribution is 2.29. The maximum Gasteiger partial charge on any atom is 0.131 e. The van der Waals surface area contributed by atoms with Crippen LogP contribution in [0.15, 0.2) is 42.5 Å². The van der Waals surface area contributed by atoms with Crippen LogP contribution in [0.1, 0.15) is 24.2 Å². The Morgan fingerprint density at radius 1 is 1.25 bits per heavy atom. The third-order valence-electron chi connectivity index (χ3n) is 3.17. The minimum Gasteiger partial charge on any atom is -0.389 e. The second-order valence-corrected chi connectivity index (χ2v) is 5.27. The van der Waals surface area contributed by atoms with Gasteiger partial charge in [0.25, 0.3) is 0 Å². The molecule has 0 aliphatic rings. The number of hydrogen-bond donors (Lipinski definition) is 1. The molecule has 0 aliphatic carbocycles. The zero-order valence-electron chi connectivity index (χ0n) is 11.5. The van der Waals surface area contributed by atoms with E-state index in [2.05, 4.69) is 0 Å². The second-order valence-electron chi connectivity index (χ2n) is 4.83. The summed E-state index contributed by atoms with van der Waals surface area (Å²) in [6.45, 7) is 2.15. The van der Waals surface area contributed by atoms with Crippen LogP contribution in [0.25, 0.3) is 0 Å². The maximum atomic E-state index is 13.9. The fraction of sp³-hybridized carbons (Fsp3) is 0.250. The van der Waals surface area contributed by atoms with Crippen LogP contribution in [0, 0.1) is 5.82 Å². The van der Waals surface area contributed by atoms with Crippen molar-refractivity contribution in [2.45, 2.75) is 19.6 Å². The molecule has 1 unspecified atom stereocenters. The zero-order chi connectivity index (χ0) is 14.7. The molecule has 4 heteroatoms. The quantitative estimate of drug-likeness (QED) is 0.914. The van der Waals surface area contributed by atoms with Crippen LogP contribution in [0.2, 0.25) is 5.02 Å². The Kier molecular flexibility index (Phi) is 4.63. The minimum absolute atomic E-state index is 0.317. The van der Waals surface area contributed by atoms with E-state index in [1.807, 2.05) is 36.2 Å².